The Morgan fingerprint density at radius 3 is 2.50 bits per heavy atom. The predicted molar refractivity (Wildman–Crippen MR) is 104 cm³/mol. The summed E-state index contributed by atoms with van der Waals surface area (Å²) in [5.74, 6) is 0. The van der Waals surface area contributed by atoms with Gasteiger partial charge in [0.1, 0.15) is 5.69 Å². The van der Waals surface area contributed by atoms with Crippen molar-refractivity contribution in [2.45, 2.75) is 37.1 Å². The number of nitro benzene ring substituents is 1. The summed E-state index contributed by atoms with van der Waals surface area (Å²) < 4.78 is 27.3. The van der Waals surface area contributed by atoms with Crippen LogP contribution in [0.3, 0.4) is 0 Å². The summed E-state index contributed by atoms with van der Waals surface area (Å²) in [7, 11) is -2.06. The fourth-order valence-electron chi connectivity index (χ4n) is 3.30. The molecule has 0 spiro atoms. The number of nitro groups is 1. The van der Waals surface area contributed by atoms with E-state index in [0.717, 1.165) is 31.7 Å². The maximum Gasteiger partial charge on any atom is 0.293 e. The molecule has 0 N–H and O–H groups in total. The molecule has 2 aromatic rings. The molecule has 1 aliphatic heterocycles. The molecule has 1 saturated heterocycles. The molecule has 0 unspecified atom stereocenters. The van der Waals surface area contributed by atoms with Gasteiger partial charge in [-0.05, 0) is 25.0 Å². The first-order valence-corrected chi connectivity index (χ1v) is 10.6. The summed E-state index contributed by atoms with van der Waals surface area (Å²) in [6.45, 7) is 1.21. The zero-order chi connectivity index (χ0) is 20.1. The monoisotopic (exact) mass is 405 g/mol. The van der Waals surface area contributed by atoms with Crippen LogP contribution >= 0.6 is 0 Å². The largest absolute Gasteiger partial charge is 0.363 e. The lowest BCUT2D eigenvalue weighted by atomic mass is 10.2. The molecule has 3 rings (SSSR count). The normalized spacial score (nSPS) is 15.8. The van der Waals surface area contributed by atoms with Gasteiger partial charge >= 0.3 is 0 Å². The smallest absolute Gasteiger partial charge is 0.293 e. The van der Waals surface area contributed by atoms with Gasteiger partial charge in [0.25, 0.3) is 5.69 Å². The second-order valence-corrected chi connectivity index (χ2v) is 8.72. The summed E-state index contributed by atoms with van der Waals surface area (Å²) in [5.41, 5.74) is 0.730. The Balaban J connectivity index is 1.91. The Kier molecular flexibility index (Phi) is 6.20. The van der Waals surface area contributed by atoms with Gasteiger partial charge in [0.05, 0.1) is 28.3 Å². The number of benzene rings is 1. The number of nitrogens with zero attached hydrogens (tertiary/aromatic N) is 5. The number of hydrogen-bond donors (Lipinski definition) is 0. The Labute approximate surface area is 164 Å². The van der Waals surface area contributed by atoms with Crippen LogP contribution in [0.5, 0.6) is 0 Å². The van der Waals surface area contributed by atoms with E-state index >= 15 is 0 Å². The van der Waals surface area contributed by atoms with Crippen LogP contribution in [0, 0.1) is 10.1 Å². The first-order chi connectivity index (χ1) is 13.4. The van der Waals surface area contributed by atoms with E-state index in [-0.39, 0.29) is 10.6 Å². The fraction of sp³-hybridized carbons (Fsp3) is 0.444. The van der Waals surface area contributed by atoms with Crippen LogP contribution in [0.25, 0.3) is 0 Å². The van der Waals surface area contributed by atoms with Crippen LogP contribution in [0.15, 0.2) is 41.7 Å². The minimum absolute atomic E-state index is 0.0437. The van der Waals surface area contributed by atoms with Crippen LogP contribution in [0.1, 0.15) is 31.4 Å². The standard InChI is InChI=1S/C18H23N5O4S/c1-21(14-15-13-19-8-9-20-15)17-7-6-16(12-18(17)23(24)25)28(26,27)22-10-4-2-3-5-11-22/h6-9,12-13H,2-5,10-11,14H2,1H3. The van der Waals surface area contributed by atoms with Crippen LogP contribution in [0.2, 0.25) is 0 Å². The summed E-state index contributed by atoms with van der Waals surface area (Å²) in [4.78, 5) is 20.8. The Bertz CT molecular complexity index is 928. The molecule has 1 aromatic heterocycles. The van der Waals surface area contributed by atoms with E-state index in [1.165, 1.54) is 16.4 Å². The molecule has 0 atom stereocenters. The van der Waals surface area contributed by atoms with E-state index in [0.29, 0.717) is 31.0 Å². The van der Waals surface area contributed by atoms with Gasteiger partial charge in [-0.15, -0.1) is 0 Å². The Morgan fingerprint density at radius 2 is 1.89 bits per heavy atom. The van der Waals surface area contributed by atoms with E-state index in [9.17, 15) is 18.5 Å². The van der Waals surface area contributed by atoms with Gasteiger partial charge in [-0.25, -0.2) is 8.42 Å². The quantitative estimate of drug-likeness (QED) is 0.536. The molecular weight excluding hydrogens is 382 g/mol. The molecule has 150 valence electrons. The first kappa shape index (κ1) is 20.2. The summed E-state index contributed by atoms with van der Waals surface area (Å²) in [5, 5.41) is 11.6. The summed E-state index contributed by atoms with van der Waals surface area (Å²) in [6, 6.07) is 4.08. The van der Waals surface area contributed by atoms with Crippen molar-refractivity contribution in [3.8, 4) is 0 Å². The van der Waals surface area contributed by atoms with Crippen LogP contribution < -0.4 is 4.90 Å². The highest BCUT2D eigenvalue weighted by Crippen LogP contribution is 2.32. The van der Waals surface area contributed by atoms with Crippen LogP contribution in [-0.2, 0) is 16.6 Å². The molecule has 28 heavy (non-hydrogen) atoms. The highest BCUT2D eigenvalue weighted by molar-refractivity contribution is 7.89. The molecule has 1 fully saturated rings. The van der Waals surface area contributed by atoms with Gasteiger partial charge in [0.15, 0.2) is 0 Å². The molecule has 0 radical (unpaired) electrons. The SMILES string of the molecule is CN(Cc1cnccn1)c1ccc(S(=O)(=O)N2CCCCCC2)cc1[N+](=O)[O-]. The molecule has 1 aliphatic rings. The van der Waals surface area contributed by atoms with Crippen molar-refractivity contribution >= 4 is 21.4 Å². The van der Waals surface area contributed by atoms with E-state index in [1.54, 1.807) is 30.5 Å². The second kappa shape index (κ2) is 8.61. The van der Waals surface area contributed by atoms with Crippen molar-refractivity contribution in [3.63, 3.8) is 0 Å². The zero-order valence-corrected chi connectivity index (χ0v) is 16.5. The summed E-state index contributed by atoms with van der Waals surface area (Å²) >= 11 is 0. The molecule has 9 nitrogen and oxygen atoms in total. The average Bonchev–Trinajstić information content (AvgIpc) is 2.98. The van der Waals surface area contributed by atoms with Crippen molar-refractivity contribution in [1.82, 2.24) is 14.3 Å². The number of anilines is 1. The number of sulfonamides is 1. The molecule has 10 heteroatoms. The second-order valence-electron chi connectivity index (χ2n) is 6.78. The first-order valence-electron chi connectivity index (χ1n) is 9.14. The van der Waals surface area contributed by atoms with Gasteiger partial charge in [-0.1, -0.05) is 12.8 Å². The van der Waals surface area contributed by atoms with Gasteiger partial charge in [-0.3, -0.25) is 20.1 Å². The highest BCUT2D eigenvalue weighted by atomic mass is 32.2. The van der Waals surface area contributed by atoms with Crippen molar-refractivity contribution in [2.75, 3.05) is 25.0 Å². The van der Waals surface area contributed by atoms with Crippen LogP contribution in [0.4, 0.5) is 11.4 Å². The van der Waals surface area contributed by atoms with Gasteiger partial charge < -0.3 is 4.90 Å². The van der Waals surface area contributed by atoms with Crippen LogP contribution in [-0.4, -0.2) is 47.8 Å². The highest BCUT2D eigenvalue weighted by Gasteiger charge is 2.28. The average molecular weight is 405 g/mol. The van der Waals surface area contributed by atoms with Gasteiger partial charge in [0.2, 0.25) is 10.0 Å². The Hall–Kier alpha value is -2.59. The molecule has 0 aliphatic carbocycles. The lowest BCUT2D eigenvalue weighted by Crippen LogP contribution is -2.32. The Morgan fingerprint density at radius 1 is 1.18 bits per heavy atom. The molecule has 0 amide bonds. The van der Waals surface area contributed by atoms with Gasteiger partial charge in [0, 0.05) is 38.6 Å². The fourth-order valence-corrected chi connectivity index (χ4v) is 4.84. The van der Waals surface area contributed by atoms with E-state index in [2.05, 4.69) is 9.97 Å². The molecule has 0 bridgehead atoms. The third kappa shape index (κ3) is 4.45. The van der Waals surface area contributed by atoms with Crippen molar-refractivity contribution < 1.29 is 13.3 Å². The maximum atomic E-state index is 13.0. The lowest BCUT2D eigenvalue weighted by molar-refractivity contribution is -0.384. The van der Waals surface area contributed by atoms with Crippen molar-refractivity contribution in [3.05, 3.63) is 52.6 Å². The van der Waals surface area contributed by atoms with E-state index < -0.39 is 14.9 Å². The molecular formula is C18H23N5O4S. The molecule has 2 heterocycles. The van der Waals surface area contributed by atoms with Gasteiger partial charge in [-0.2, -0.15) is 4.31 Å². The topological polar surface area (TPSA) is 110 Å². The minimum atomic E-state index is -3.75. The van der Waals surface area contributed by atoms with E-state index in [4.69, 9.17) is 0 Å². The third-order valence-corrected chi connectivity index (χ3v) is 6.67. The number of aromatic nitrogens is 2. The molecule has 0 saturated carbocycles. The lowest BCUT2D eigenvalue weighted by Gasteiger charge is -2.22. The zero-order valence-electron chi connectivity index (χ0n) is 15.7. The van der Waals surface area contributed by atoms with Crippen molar-refractivity contribution in [1.29, 1.82) is 0 Å². The summed E-state index contributed by atoms with van der Waals surface area (Å²) in [6.07, 6.45) is 8.29. The molecule has 1 aromatic carbocycles. The predicted octanol–water partition coefficient (Wildman–Crippen LogP) is 2.59. The maximum absolute atomic E-state index is 13.0. The van der Waals surface area contributed by atoms with Crippen molar-refractivity contribution in [2.24, 2.45) is 0 Å². The number of rotatable bonds is 6. The van der Waals surface area contributed by atoms with E-state index in [1.807, 2.05) is 0 Å². The minimum Gasteiger partial charge on any atom is -0.363 e. The number of hydrogen-bond acceptors (Lipinski definition) is 7. The third-order valence-electron chi connectivity index (χ3n) is 4.77.